The third-order valence-electron chi connectivity index (χ3n) is 3.79. The highest BCUT2D eigenvalue weighted by molar-refractivity contribution is 7.13. The number of hydrogen-bond acceptors (Lipinski definition) is 5. The van der Waals surface area contributed by atoms with Crippen LogP contribution in [0, 0.1) is 6.92 Å². The minimum atomic E-state index is 0.00258. The van der Waals surface area contributed by atoms with Crippen LogP contribution in [0.1, 0.15) is 52.0 Å². The number of hydrogen-bond donors (Lipinski definition) is 2. The molecule has 1 fully saturated rings. The second-order valence-corrected chi connectivity index (χ2v) is 6.48. The molecule has 1 aromatic heterocycles. The van der Waals surface area contributed by atoms with Crippen molar-refractivity contribution in [2.24, 2.45) is 0 Å². The number of ether oxygens (including phenoxy) is 1. The Labute approximate surface area is 130 Å². The lowest BCUT2D eigenvalue weighted by Crippen LogP contribution is -2.33. The van der Waals surface area contributed by atoms with Crippen LogP contribution in [0.2, 0.25) is 0 Å². The van der Waals surface area contributed by atoms with Crippen molar-refractivity contribution in [2.45, 2.75) is 38.5 Å². The Hall–Kier alpha value is -0.980. The van der Waals surface area contributed by atoms with Crippen LogP contribution < -0.4 is 10.6 Å². The molecule has 5 nitrogen and oxygen atoms in total. The summed E-state index contributed by atoms with van der Waals surface area (Å²) in [6.45, 7) is 4.80. The summed E-state index contributed by atoms with van der Waals surface area (Å²) in [6, 6.07) is 0. The molecular formula is C15H25N3O2S. The number of nitrogens with zero attached hydrogens (tertiary/aromatic N) is 1. The predicted octanol–water partition coefficient (Wildman–Crippen LogP) is 2.07. The highest BCUT2D eigenvalue weighted by Crippen LogP contribution is 2.36. The Morgan fingerprint density at radius 2 is 2.10 bits per heavy atom. The molecule has 1 saturated carbocycles. The van der Waals surface area contributed by atoms with Crippen LogP contribution >= 0.6 is 11.3 Å². The van der Waals surface area contributed by atoms with Gasteiger partial charge in [0, 0.05) is 32.7 Å². The van der Waals surface area contributed by atoms with E-state index < -0.39 is 0 Å². The molecule has 21 heavy (non-hydrogen) atoms. The monoisotopic (exact) mass is 311 g/mol. The van der Waals surface area contributed by atoms with Crippen LogP contribution in [-0.2, 0) is 4.74 Å². The van der Waals surface area contributed by atoms with E-state index in [2.05, 4.69) is 15.6 Å². The fraction of sp³-hybridized carbons (Fsp3) is 0.733. The summed E-state index contributed by atoms with van der Waals surface area (Å²) >= 11 is 1.57. The Morgan fingerprint density at radius 3 is 2.81 bits per heavy atom. The number of methoxy groups -OCH3 is 1. The van der Waals surface area contributed by atoms with E-state index in [1.54, 1.807) is 18.4 Å². The van der Waals surface area contributed by atoms with Gasteiger partial charge in [0.1, 0.15) is 4.88 Å². The molecule has 0 bridgehead atoms. The summed E-state index contributed by atoms with van der Waals surface area (Å²) < 4.78 is 4.95. The highest BCUT2D eigenvalue weighted by atomic mass is 32.1. The van der Waals surface area contributed by atoms with E-state index in [1.807, 2.05) is 6.92 Å². The zero-order chi connectivity index (χ0) is 15.1. The van der Waals surface area contributed by atoms with Gasteiger partial charge in [-0.15, -0.1) is 11.3 Å². The van der Waals surface area contributed by atoms with Gasteiger partial charge < -0.3 is 15.4 Å². The molecule has 0 spiro atoms. The van der Waals surface area contributed by atoms with Crippen molar-refractivity contribution < 1.29 is 9.53 Å². The summed E-state index contributed by atoms with van der Waals surface area (Å²) in [5, 5.41) is 7.30. The van der Waals surface area contributed by atoms with Crippen molar-refractivity contribution >= 4 is 17.2 Å². The summed E-state index contributed by atoms with van der Waals surface area (Å²) in [6.07, 6.45) is 5.02. The first-order chi connectivity index (χ1) is 10.2. The van der Waals surface area contributed by atoms with E-state index in [-0.39, 0.29) is 5.91 Å². The Balaban J connectivity index is 1.79. The molecule has 2 rings (SSSR count). The third kappa shape index (κ3) is 4.76. The largest absolute Gasteiger partial charge is 0.383 e. The molecule has 1 aromatic rings. The number of carbonyl (C=O) groups is 1. The molecule has 0 saturated heterocycles. The van der Waals surface area contributed by atoms with Gasteiger partial charge in [0.15, 0.2) is 0 Å². The molecular weight excluding hydrogens is 286 g/mol. The van der Waals surface area contributed by atoms with E-state index in [9.17, 15) is 4.79 Å². The molecule has 1 heterocycles. The van der Waals surface area contributed by atoms with E-state index in [0.29, 0.717) is 19.1 Å². The molecule has 0 unspecified atom stereocenters. The van der Waals surface area contributed by atoms with Gasteiger partial charge in [-0.2, -0.15) is 0 Å². The number of rotatable bonds is 8. The van der Waals surface area contributed by atoms with Crippen molar-refractivity contribution in [2.75, 3.05) is 33.4 Å². The lowest BCUT2D eigenvalue weighted by atomic mass is 10.1. The first kappa shape index (κ1) is 16.4. The zero-order valence-corrected chi connectivity index (χ0v) is 13.7. The van der Waals surface area contributed by atoms with Crippen molar-refractivity contribution in [3.05, 3.63) is 15.6 Å². The second-order valence-electron chi connectivity index (χ2n) is 5.45. The smallest absolute Gasteiger partial charge is 0.263 e. The SMILES string of the molecule is COCCNCCNC(=O)c1sc(C2CCCC2)nc1C. The molecule has 2 N–H and O–H groups in total. The summed E-state index contributed by atoms with van der Waals surface area (Å²) in [5.74, 6) is 0.578. The van der Waals surface area contributed by atoms with E-state index >= 15 is 0 Å². The van der Waals surface area contributed by atoms with Crippen LogP contribution in [-0.4, -0.2) is 44.2 Å². The van der Waals surface area contributed by atoms with Gasteiger partial charge in [-0.05, 0) is 19.8 Å². The standard InChI is InChI=1S/C15H25N3O2S/c1-11-13(14(19)17-8-7-16-9-10-20-2)21-15(18-11)12-5-3-4-6-12/h12,16H,3-10H2,1-2H3,(H,17,19). The number of aromatic nitrogens is 1. The van der Waals surface area contributed by atoms with Gasteiger partial charge in [0.2, 0.25) is 0 Å². The average molecular weight is 311 g/mol. The predicted molar refractivity (Wildman–Crippen MR) is 85.1 cm³/mol. The van der Waals surface area contributed by atoms with E-state index in [0.717, 1.165) is 28.7 Å². The summed E-state index contributed by atoms with van der Waals surface area (Å²) in [7, 11) is 1.68. The first-order valence-corrected chi connectivity index (χ1v) is 8.49. The molecule has 0 aliphatic heterocycles. The van der Waals surface area contributed by atoms with Crippen molar-refractivity contribution in [3.8, 4) is 0 Å². The fourth-order valence-electron chi connectivity index (χ4n) is 2.62. The third-order valence-corrected chi connectivity index (χ3v) is 5.11. The van der Waals surface area contributed by atoms with Gasteiger partial charge in [0.25, 0.3) is 5.91 Å². The number of aryl methyl sites for hydroxylation is 1. The molecule has 6 heteroatoms. The van der Waals surface area contributed by atoms with Gasteiger partial charge in [-0.3, -0.25) is 4.79 Å². The normalized spacial score (nSPS) is 15.5. The maximum atomic E-state index is 12.2. The Kier molecular flexibility index (Phi) is 6.60. The molecule has 1 amide bonds. The minimum Gasteiger partial charge on any atom is -0.383 e. The molecule has 0 radical (unpaired) electrons. The maximum absolute atomic E-state index is 12.2. The lowest BCUT2D eigenvalue weighted by molar-refractivity contribution is 0.0957. The Bertz CT molecular complexity index is 456. The van der Waals surface area contributed by atoms with Crippen LogP contribution in [0.4, 0.5) is 0 Å². The zero-order valence-electron chi connectivity index (χ0n) is 12.9. The quantitative estimate of drug-likeness (QED) is 0.722. The van der Waals surface area contributed by atoms with Crippen molar-refractivity contribution in [1.29, 1.82) is 0 Å². The van der Waals surface area contributed by atoms with Gasteiger partial charge in [-0.25, -0.2) is 4.98 Å². The number of amides is 1. The molecule has 0 atom stereocenters. The molecule has 0 aromatic carbocycles. The second kappa shape index (κ2) is 8.46. The molecule has 1 aliphatic rings. The average Bonchev–Trinajstić information content (AvgIpc) is 3.11. The lowest BCUT2D eigenvalue weighted by Gasteiger charge is -2.05. The van der Waals surface area contributed by atoms with Crippen LogP contribution in [0.25, 0.3) is 0 Å². The topological polar surface area (TPSA) is 63.2 Å². The van der Waals surface area contributed by atoms with E-state index in [4.69, 9.17) is 4.74 Å². The number of nitrogens with one attached hydrogen (secondary N) is 2. The van der Waals surface area contributed by atoms with Crippen molar-refractivity contribution in [1.82, 2.24) is 15.6 Å². The van der Waals surface area contributed by atoms with Crippen LogP contribution in [0.15, 0.2) is 0 Å². The Morgan fingerprint density at radius 1 is 1.33 bits per heavy atom. The van der Waals surface area contributed by atoms with Crippen LogP contribution in [0.5, 0.6) is 0 Å². The van der Waals surface area contributed by atoms with Crippen LogP contribution in [0.3, 0.4) is 0 Å². The van der Waals surface area contributed by atoms with Gasteiger partial charge in [-0.1, -0.05) is 12.8 Å². The maximum Gasteiger partial charge on any atom is 0.263 e. The summed E-state index contributed by atoms with van der Waals surface area (Å²) in [4.78, 5) is 17.6. The minimum absolute atomic E-state index is 0.00258. The number of carbonyl (C=O) groups excluding carboxylic acids is 1. The van der Waals surface area contributed by atoms with E-state index in [1.165, 1.54) is 25.7 Å². The highest BCUT2D eigenvalue weighted by Gasteiger charge is 2.23. The van der Waals surface area contributed by atoms with Gasteiger partial charge in [0.05, 0.1) is 17.3 Å². The fourth-order valence-corrected chi connectivity index (χ4v) is 3.77. The summed E-state index contributed by atoms with van der Waals surface area (Å²) in [5.41, 5.74) is 0.867. The molecule has 1 aliphatic carbocycles. The first-order valence-electron chi connectivity index (χ1n) is 7.67. The molecule has 118 valence electrons. The number of thiazole rings is 1. The van der Waals surface area contributed by atoms with Gasteiger partial charge >= 0.3 is 0 Å². The van der Waals surface area contributed by atoms with Crippen molar-refractivity contribution in [3.63, 3.8) is 0 Å².